The fourth-order valence-electron chi connectivity index (χ4n) is 2.98. The Bertz CT molecular complexity index is 1150. The van der Waals surface area contributed by atoms with Crippen molar-refractivity contribution in [3.63, 3.8) is 0 Å². The SMILES string of the molecule is CCOc1cccc2sc(N(Cc3cccnc3)C(=O)c3cccc(Cl)c3)nc12. The summed E-state index contributed by atoms with van der Waals surface area (Å²) in [6.45, 7) is 2.83. The maximum atomic E-state index is 13.4. The number of ether oxygens (including phenoxy) is 1. The topological polar surface area (TPSA) is 55.3 Å². The highest BCUT2D eigenvalue weighted by Gasteiger charge is 2.23. The van der Waals surface area contributed by atoms with Crippen molar-refractivity contribution in [3.05, 3.63) is 83.1 Å². The third kappa shape index (κ3) is 4.23. The average Bonchev–Trinajstić information content (AvgIpc) is 3.17. The van der Waals surface area contributed by atoms with Crippen LogP contribution < -0.4 is 9.64 Å². The molecule has 7 heteroatoms. The number of para-hydroxylation sites is 1. The first-order valence-corrected chi connectivity index (χ1v) is 10.3. The van der Waals surface area contributed by atoms with Crippen molar-refractivity contribution in [2.75, 3.05) is 11.5 Å². The molecule has 2 aromatic heterocycles. The van der Waals surface area contributed by atoms with Crippen molar-refractivity contribution in [1.29, 1.82) is 0 Å². The van der Waals surface area contributed by atoms with E-state index in [9.17, 15) is 4.79 Å². The van der Waals surface area contributed by atoms with Crippen molar-refractivity contribution in [3.8, 4) is 5.75 Å². The highest BCUT2D eigenvalue weighted by Crippen LogP contribution is 2.35. The molecule has 4 rings (SSSR count). The summed E-state index contributed by atoms with van der Waals surface area (Å²) < 4.78 is 6.66. The number of carbonyl (C=O) groups is 1. The molecule has 29 heavy (non-hydrogen) atoms. The van der Waals surface area contributed by atoms with E-state index in [0.717, 1.165) is 15.8 Å². The molecule has 0 fully saturated rings. The second kappa shape index (κ2) is 8.59. The minimum Gasteiger partial charge on any atom is -0.492 e. The van der Waals surface area contributed by atoms with Crippen LogP contribution in [-0.4, -0.2) is 22.5 Å². The molecule has 0 aliphatic carbocycles. The van der Waals surface area contributed by atoms with E-state index in [1.807, 2.05) is 37.3 Å². The highest BCUT2D eigenvalue weighted by atomic mass is 35.5. The lowest BCUT2D eigenvalue weighted by molar-refractivity contribution is 0.0985. The molecule has 0 saturated heterocycles. The van der Waals surface area contributed by atoms with Crippen molar-refractivity contribution in [1.82, 2.24) is 9.97 Å². The van der Waals surface area contributed by atoms with Gasteiger partial charge in [0.25, 0.3) is 5.91 Å². The van der Waals surface area contributed by atoms with E-state index in [4.69, 9.17) is 21.3 Å². The smallest absolute Gasteiger partial charge is 0.260 e. The molecule has 4 aromatic rings. The number of thiazole rings is 1. The first-order valence-electron chi connectivity index (χ1n) is 9.14. The third-order valence-corrected chi connectivity index (χ3v) is 5.56. The van der Waals surface area contributed by atoms with Crippen LogP contribution in [0, 0.1) is 0 Å². The molecular formula is C22H18ClN3O2S. The third-order valence-electron chi connectivity index (χ3n) is 4.28. The zero-order valence-electron chi connectivity index (χ0n) is 15.7. The number of pyridine rings is 1. The summed E-state index contributed by atoms with van der Waals surface area (Å²) in [6.07, 6.45) is 3.45. The fourth-order valence-corrected chi connectivity index (χ4v) is 4.15. The van der Waals surface area contributed by atoms with E-state index < -0.39 is 0 Å². The molecule has 0 bridgehead atoms. The average molecular weight is 424 g/mol. The molecule has 0 aliphatic heterocycles. The van der Waals surface area contributed by atoms with Crippen molar-refractivity contribution >= 4 is 44.2 Å². The Hall–Kier alpha value is -2.96. The molecule has 0 radical (unpaired) electrons. The van der Waals surface area contributed by atoms with Gasteiger partial charge >= 0.3 is 0 Å². The van der Waals surface area contributed by atoms with E-state index in [2.05, 4.69) is 4.98 Å². The van der Waals surface area contributed by atoms with Gasteiger partial charge in [-0.3, -0.25) is 14.7 Å². The van der Waals surface area contributed by atoms with Gasteiger partial charge in [-0.2, -0.15) is 0 Å². The summed E-state index contributed by atoms with van der Waals surface area (Å²) in [7, 11) is 0. The number of anilines is 1. The lowest BCUT2D eigenvalue weighted by atomic mass is 10.2. The number of aromatic nitrogens is 2. The summed E-state index contributed by atoms with van der Waals surface area (Å²) >= 11 is 7.56. The number of hydrogen-bond acceptors (Lipinski definition) is 5. The Balaban J connectivity index is 1.78. The van der Waals surface area contributed by atoms with Gasteiger partial charge in [-0.25, -0.2) is 4.98 Å². The first kappa shape index (κ1) is 19.4. The van der Waals surface area contributed by atoms with Gasteiger partial charge in [0.15, 0.2) is 5.13 Å². The van der Waals surface area contributed by atoms with Crippen LogP contribution >= 0.6 is 22.9 Å². The summed E-state index contributed by atoms with van der Waals surface area (Å²) in [5.74, 6) is 0.539. The second-order valence-corrected chi connectivity index (χ2v) is 7.74. The van der Waals surface area contributed by atoms with Gasteiger partial charge in [0.2, 0.25) is 0 Å². The lowest BCUT2D eigenvalue weighted by Gasteiger charge is -2.20. The first-order chi connectivity index (χ1) is 14.2. The standard InChI is InChI=1S/C22H18ClN3O2S/c1-2-28-18-9-4-10-19-20(18)25-22(29-19)26(14-15-6-5-11-24-13-15)21(27)16-7-3-8-17(23)12-16/h3-13H,2,14H2,1H3. The Morgan fingerprint density at radius 2 is 2.03 bits per heavy atom. The quantitative estimate of drug-likeness (QED) is 0.405. The largest absolute Gasteiger partial charge is 0.492 e. The van der Waals surface area contributed by atoms with E-state index in [0.29, 0.717) is 34.6 Å². The predicted octanol–water partition coefficient (Wildman–Crippen LogP) is 5.59. The normalized spacial score (nSPS) is 10.8. The van der Waals surface area contributed by atoms with Crippen LogP contribution in [0.1, 0.15) is 22.8 Å². The second-order valence-electron chi connectivity index (χ2n) is 6.30. The molecule has 0 spiro atoms. The zero-order chi connectivity index (χ0) is 20.2. The monoisotopic (exact) mass is 423 g/mol. The van der Waals surface area contributed by atoms with Crippen LogP contribution in [0.15, 0.2) is 67.0 Å². The number of halogens is 1. The number of amides is 1. The number of hydrogen-bond donors (Lipinski definition) is 0. The minimum absolute atomic E-state index is 0.173. The van der Waals surface area contributed by atoms with Crippen LogP contribution in [0.2, 0.25) is 5.02 Å². The molecule has 0 saturated carbocycles. The maximum Gasteiger partial charge on any atom is 0.260 e. The number of rotatable bonds is 6. The Morgan fingerprint density at radius 1 is 1.17 bits per heavy atom. The number of nitrogens with zero attached hydrogens (tertiary/aromatic N) is 3. The van der Waals surface area contributed by atoms with Gasteiger partial charge in [0.1, 0.15) is 11.3 Å². The summed E-state index contributed by atoms with van der Waals surface area (Å²) in [4.78, 5) is 23.9. The van der Waals surface area contributed by atoms with Crippen LogP contribution in [0.5, 0.6) is 5.75 Å². The van der Waals surface area contributed by atoms with Crippen LogP contribution in [0.3, 0.4) is 0 Å². The van der Waals surface area contributed by atoms with E-state index in [-0.39, 0.29) is 5.91 Å². The lowest BCUT2D eigenvalue weighted by Crippen LogP contribution is -2.30. The molecule has 2 heterocycles. The van der Waals surface area contributed by atoms with Crippen molar-refractivity contribution in [2.45, 2.75) is 13.5 Å². The Kier molecular flexibility index (Phi) is 5.74. The van der Waals surface area contributed by atoms with Gasteiger partial charge in [0, 0.05) is 23.0 Å². The van der Waals surface area contributed by atoms with Crippen LogP contribution in [0.25, 0.3) is 10.2 Å². The Labute approximate surface area is 177 Å². The van der Waals surface area contributed by atoms with Gasteiger partial charge in [0.05, 0.1) is 17.9 Å². The molecule has 146 valence electrons. The molecular weight excluding hydrogens is 406 g/mol. The van der Waals surface area contributed by atoms with Gasteiger partial charge in [-0.1, -0.05) is 41.1 Å². The van der Waals surface area contributed by atoms with E-state index in [1.165, 1.54) is 11.3 Å². The van der Waals surface area contributed by atoms with Gasteiger partial charge in [-0.15, -0.1) is 0 Å². The molecule has 0 unspecified atom stereocenters. The summed E-state index contributed by atoms with van der Waals surface area (Å²) in [5, 5.41) is 1.11. The fraction of sp³-hybridized carbons (Fsp3) is 0.136. The summed E-state index contributed by atoms with van der Waals surface area (Å²) in [5.41, 5.74) is 2.17. The molecule has 5 nitrogen and oxygen atoms in total. The van der Waals surface area contributed by atoms with Crippen molar-refractivity contribution in [2.24, 2.45) is 0 Å². The van der Waals surface area contributed by atoms with Crippen molar-refractivity contribution < 1.29 is 9.53 Å². The summed E-state index contributed by atoms with van der Waals surface area (Å²) in [6, 6.07) is 16.5. The van der Waals surface area contributed by atoms with Crippen LogP contribution in [0.4, 0.5) is 5.13 Å². The molecule has 0 N–H and O–H groups in total. The molecule has 0 atom stereocenters. The zero-order valence-corrected chi connectivity index (χ0v) is 17.3. The maximum absolute atomic E-state index is 13.4. The number of carbonyl (C=O) groups excluding carboxylic acids is 1. The van der Waals surface area contributed by atoms with Crippen LogP contribution in [-0.2, 0) is 6.54 Å². The molecule has 1 amide bonds. The van der Waals surface area contributed by atoms with Gasteiger partial charge in [-0.05, 0) is 48.9 Å². The molecule has 0 aliphatic rings. The Morgan fingerprint density at radius 3 is 2.79 bits per heavy atom. The van der Waals surface area contributed by atoms with Gasteiger partial charge < -0.3 is 4.74 Å². The minimum atomic E-state index is -0.173. The highest BCUT2D eigenvalue weighted by molar-refractivity contribution is 7.22. The number of fused-ring (bicyclic) bond motifs is 1. The number of benzene rings is 2. The van der Waals surface area contributed by atoms with E-state index in [1.54, 1.807) is 41.6 Å². The predicted molar refractivity (Wildman–Crippen MR) is 117 cm³/mol. The van der Waals surface area contributed by atoms with E-state index >= 15 is 0 Å². The molecule has 2 aromatic carbocycles.